The summed E-state index contributed by atoms with van der Waals surface area (Å²) >= 11 is 0. The van der Waals surface area contributed by atoms with Gasteiger partial charge >= 0.3 is 0 Å². The van der Waals surface area contributed by atoms with Gasteiger partial charge in [0.2, 0.25) is 0 Å². The van der Waals surface area contributed by atoms with Crippen LogP contribution in [0, 0.1) is 0 Å². The fraction of sp³-hybridized carbons (Fsp3) is 0.333. The Morgan fingerprint density at radius 2 is 1.46 bits per heavy atom. The van der Waals surface area contributed by atoms with Gasteiger partial charge in [-0.2, -0.15) is 0 Å². The maximum absolute atomic E-state index is 5.77. The SMILES string of the molecule is COc1cc(C=Cc2cccc(OCC3CO3)c2)cc(OCC2CO2)c1. The van der Waals surface area contributed by atoms with Crippen LogP contribution in [0.5, 0.6) is 17.2 Å². The van der Waals surface area contributed by atoms with Crippen molar-refractivity contribution in [2.24, 2.45) is 0 Å². The molecule has 5 nitrogen and oxygen atoms in total. The largest absolute Gasteiger partial charge is 0.497 e. The van der Waals surface area contributed by atoms with Crippen LogP contribution in [-0.4, -0.2) is 45.7 Å². The van der Waals surface area contributed by atoms with Crippen molar-refractivity contribution in [2.45, 2.75) is 12.2 Å². The maximum Gasteiger partial charge on any atom is 0.123 e. The fourth-order valence-corrected chi connectivity index (χ4v) is 2.50. The average molecular weight is 354 g/mol. The fourth-order valence-electron chi connectivity index (χ4n) is 2.50. The molecule has 2 aliphatic rings. The summed E-state index contributed by atoms with van der Waals surface area (Å²) in [4.78, 5) is 0. The van der Waals surface area contributed by atoms with Crippen molar-refractivity contribution in [3.8, 4) is 17.2 Å². The molecule has 2 unspecified atom stereocenters. The molecule has 0 aromatic heterocycles. The van der Waals surface area contributed by atoms with Gasteiger partial charge in [0.15, 0.2) is 0 Å². The van der Waals surface area contributed by atoms with Gasteiger partial charge < -0.3 is 23.7 Å². The van der Waals surface area contributed by atoms with Crippen LogP contribution in [0.1, 0.15) is 11.1 Å². The van der Waals surface area contributed by atoms with Gasteiger partial charge in [-0.05, 0) is 35.4 Å². The van der Waals surface area contributed by atoms with E-state index in [1.165, 1.54) is 0 Å². The van der Waals surface area contributed by atoms with Gasteiger partial charge in [0.25, 0.3) is 0 Å². The molecule has 0 aliphatic carbocycles. The molecular weight excluding hydrogens is 332 g/mol. The third-order valence-electron chi connectivity index (χ3n) is 4.14. The zero-order chi connectivity index (χ0) is 17.8. The van der Waals surface area contributed by atoms with E-state index in [0.29, 0.717) is 13.2 Å². The lowest BCUT2D eigenvalue weighted by atomic mass is 10.1. The summed E-state index contributed by atoms with van der Waals surface area (Å²) in [5.41, 5.74) is 2.07. The van der Waals surface area contributed by atoms with E-state index in [1.807, 2.05) is 54.6 Å². The van der Waals surface area contributed by atoms with E-state index < -0.39 is 0 Å². The molecule has 136 valence electrons. The summed E-state index contributed by atoms with van der Waals surface area (Å²) in [7, 11) is 1.65. The molecule has 2 saturated heterocycles. The Bertz CT molecular complexity index is 778. The molecule has 2 atom stereocenters. The molecule has 0 radical (unpaired) electrons. The van der Waals surface area contributed by atoms with Crippen LogP contribution >= 0.6 is 0 Å². The number of methoxy groups -OCH3 is 1. The van der Waals surface area contributed by atoms with Crippen LogP contribution in [0.3, 0.4) is 0 Å². The highest BCUT2D eigenvalue weighted by atomic mass is 16.6. The summed E-state index contributed by atoms with van der Waals surface area (Å²) in [5.74, 6) is 2.39. The lowest BCUT2D eigenvalue weighted by molar-refractivity contribution is 0.262. The Morgan fingerprint density at radius 1 is 0.846 bits per heavy atom. The minimum absolute atomic E-state index is 0.226. The Hall–Kier alpha value is -2.50. The van der Waals surface area contributed by atoms with Gasteiger partial charge in [-0.25, -0.2) is 0 Å². The molecule has 2 heterocycles. The first-order valence-electron chi connectivity index (χ1n) is 8.74. The summed E-state index contributed by atoms with van der Waals surface area (Å²) in [6, 6.07) is 13.8. The van der Waals surface area contributed by atoms with Crippen molar-refractivity contribution < 1.29 is 23.7 Å². The molecule has 0 amide bonds. The molecular formula is C21H22O5. The summed E-state index contributed by atoms with van der Waals surface area (Å²) in [6.07, 6.45) is 4.56. The third-order valence-corrected chi connectivity index (χ3v) is 4.14. The molecule has 4 rings (SSSR count). The minimum atomic E-state index is 0.226. The molecule has 0 bridgehead atoms. The molecule has 0 N–H and O–H groups in total. The number of benzene rings is 2. The summed E-state index contributed by atoms with van der Waals surface area (Å²) in [6.45, 7) is 2.75. The number of ether oxygens (including phenoxy) is 5. The Labute approximate surface area is 153 Å². The molecule has 26 heavy (non-hydrogen) atoms. The molecule has 0 saturated carbocycles. The van der Waals surface area contributed by atoms with Crippen LogP contribution < -0.4 is 14.2 Å². The van der Waals surface area contributed by atoms with Crippen LogP contribution in [0.25, 0.3) is 12.2 Å². The number of hydrogen-bond donors (Lipinski definition) is 0. The molecule has 5 heteroatoms. The molecule has 2 fully saturated rings. The second-order valence-electron chi connectivity index (χ2n) is 6.38. The van der Waals surface area contributed by atoms with Crippen molar-refractivity contribution in [1.82, 2.24) is 0 Å². The van der Waals surface area contributed by atoms with E-state index in [1.54, 1.807) is 7.11 Å². The van der Waals surface area contributed by atoms with E-state index >= 15 is 0 Å². The van der Waals surface area contributed by atoms with E-state index in [4.69, 9.17) is 23.7 Å². The van der Waals surface area contributed by atoms with Gasteiger partial charge in [0, 0.05) is 6.07 Å². The predicted molar refractivity (Wildman–Crippen MR) is 98.8 cm³/mol. The Kier molecular flexibility index (Phi) is 5.09. The first-order valence-corrected chi connectivity index (χ1v) is 8.74. The van der Waals surface area contributed by atoms with E-state index in [2.05, 4.69) is 0 Å². The number of hydrogen-bond acceptors (Lipinski definition) is 5. The maximum atomic E-state index is 5.77. The van der Waals surface area contributed by atoms with Crippen LogP contribution in [0.2, 0.25) is 0 Å². The molecule has 2 aromatic rings. The van der Waals surface area contributed by atoms with Crippen molar-refractivity contribution in [1.29, 1.82) is 0 Å². The Morgan fingerprint density at radius 3 is 2.15 bits per heavy atom. The molecule has 2 aliphatic heterocycles. The second kappa shape index (κ2) is 7.81. The standard InChI is InChI=1S/C21H22O5/c1-22-18-8-16(9-19(10-18)24-12-21-14-26-21)6-5-15-3-2-4-17(7-15)23-11-20-13-25-20/h2-10,20-21H,11-14H2,1H3. The van der Waals surface area contributed by atoms with Gasteiger partial charge in [-0.1, -0.05) is 24.3 Å². The average Bonchev–Trinajstić information content (AvgIpc) is 3.57. The summed E-state index contributed by atoms with van der Waals surface area (Å²) in [5, 5.41) is 0. The predicted octanol–water partition coefficient (Wildman–Crippen LogP) is 3.42. The normalized spacial score (nSPS) is 20.8. The van der Waals surface area contributed by atoms with Crippen molar-refractivity contribution in [3.63, 3.8) is 0 Å². The number of epoxide rings is 2. The van der Waals surface area contributed by atoms with Crippen LogP contribution in [-0.2, 0) is 9.47 Å². The Balaban J connectivity index is 1.44. The minimum Gasteiger partial charge on any atom is -0.497 e. The highest BCUT2D eigenvalue weighted by Crippen LogP contribution is 2.26. The smallest absolute Gasteiger partial charge is 0.123 e. The van der Waals surface area contributed by atoms with Gasteiger partial charge in [-0.3, -0.25) is 0 Å². The zero-order valence-electron chi connectivity index (χ0n) is 14.7. The van der Waals surface area contributed by atoms with E-state index in [-0.39, 0.29) is 12.2 Å². The lowest BCUT2D eigenvalue weighted by Gasteiger charge is -2.08. The molecule has 0 spiro atoms. The van der Waals surface area contributed by atoms with E-state index in [9.17, 15) is 0 Å². The van der Waals surface area contributed by atoms with Gasteiger partial charge in [0.1, 0.15) is 42.7 Å². The van der Waals surface area contributed by atoms with Gasteiger partial charge in [-0.15, -0.1) is 0 Å². The monoisotopic (exact) mass is 354 g/mol. The first kappa shape index (κ1) is 16.9. The number of rotatable bonds is 9. The highest BCUT2D eigenvalue weighted by Gasteiger charge is 2.23. The lowest BCUT2D eigenvalue weighted by Crippen LogP contribution is -2.04. The molecule has 2 aromatic carbocycles. The van der Waals surface area contributed by atoms with Crippen molar-refractivity contribution in [2.75, 3.05) is 33.5 Å². The second-order valence-corrected chi connectivity index (χ2v) is 6.38. The van der Waals surface area contributed by atoms with Crippen LogP contribution in [0.15, 0.2) is 42.5 Å². The van der Waals surface area contributed by atoms with E-state index in [0.717, 1.165) is 41.6 Å². The van der Waals surface area contributed by atoms with Gasteiger partial charge in [0.05, 0.1) is 20.3 Å². The third kappa shape index (κ3) is 5.00. The topological polar surface area (TPSA) is 52.8 Å². The van der Waals surface area contributed by atoms with Crippen molar-refractivity contribution >= 4 is 12.2 Å². The highest BCUT2D eigenvalue weighted by molar-refractivity contribution is 5.71. The first-order chi connectivity index (χ1) is 12.8. The summed E-state index contributed by atoms with van der Waals surface area (Å²) < 4.78 is 27.2. The van der Waals surface area contributed by atoms with Crippen molar-refractivity contribution in [3.05, 3.63) is 53.6 Å². The van der Waals surface area contributed by atoms with Crippen LogP contribution in [0.4, 0.5) is 0 Å². The quantitative estimate of drug-likeness (QED) is 0.510. The zero-order valence-corrected chi connectivity index (χ0v) is 14.7.